The number of carbonyl (C=O) groups is 1. The van der Waals surface area contributed by atoms with Gasteiger partial charge in [-0.05, 0) is 80.5 Å². The molecule has 0 aliphatic carbocycles. The van der Waals surface area contributed by atoms with Gasteiger partial charge in [0.1, 0.15) is 5.75 Å². The molecule has 1 aromatic heterocycles. The topological polar surface area (TPSA) is 69.7 Å². The summed E-state index contributed by atoms with van der Waals surface area (Å²) in [6, 6.07) is 18.1. The van der Waals surface area contributed by atoms with Gasteiger partial charge in [-0.2, -0.15) is 0 Å². The van der Waals surface area contributed by atoms with Crippen LogP contribution in [0, 0.1) is 0 Å². The van der Waals surface area contributed by atoms with Crippen molar-refractivity contribution in [3.63, 3.8) is 0 Å². The number of methoxy groups -OCH3 is 1. The zero-order valence-corrected chi connectivity index (χ0v) is 24.1. The minimum atomic E-state index is -0.163. The number of ether oxygens (including phenoxy) is 1. The highest BCUT2D eigenvalue weighted by Crippen LogP contribution is 2.46. The largest absolute Gasteiger partial charge is 0.494 e. The third-order valence-corrected chi connectivity index (χ3v) is 8.05. The van der Waals surface area contributed by atoms with Crippen LogP contribution in [0.1, 0.15) is 63.0 Å². The van der Waals surface area contributed by atoms with Crippen LogP contribution in [0.4, 0.5) is 17.1 Å². The van der Waals surface area contributed by atoms with Crippen molar-refractivity contribution in [3.05, 3.63) is 83.7 Å². The van der Waals surface area contributed by atoms with E-state index in [2.05, 4.69) is 77.5 Å². The standard InChI is InChI=1S/C31H35N5O2S/c1-7-27(37)33-23-13-12-21(17-26(23)38-6)36-29(28(34-30(36)39)24-10-8-9-15-32-24)20-11-14-25-22(16-20)19(2)18-31(3,4)35(25)5/h8-18,28-29H,7H2,1-6H3,(H,33,37)(H,34,39)/t28-,29+/m0/s1. The number of anilines is 3. The molecule has 1 fully saturated rings. The Morgan fingerprint density at radius 3 is 2.67 bits per heavy atom. The fourth-order valence-corrected chi connectivity index (χ4v) is 5.85. The monoisotopic (exact) mass is 541 g/mol. The van der Waals surface area contributed by atoms with E-state index < -0.39 is 0 Å². The van der Waals surface area contributed by atoms with Gasteiger partial charge in [0.2, 0.25) is 5.91 Å². The summed E-state index contributed by atoms with van der Waals surface area (Å²) >= 11 is 5.93. The van der Waals surface area contributed by atoms with Crippen molar-refractivity contribution in [3.8, 4) is 5.75 Å². The van der Waals surface area contributed by atoms with E-state index in [-0.39, 0.29) is 23.5 Å². The molecule has 5 rings (SSSR count). The molecule has 1 saturated heterocycles. The molecule has 0 bridgehead atoms. The number of likely N-dealkylation sites (N-methyl/N-ethyl adjacent to an activating group) is 1. The summed E-state index contributed by atoms with van der Waals surface area (Å²) < 4.78 is 5.67. The lowest BCUT2D eigenvalue weighted by molar-refractivity contribution is -0.115. The van der Waals surface area contributed by atoms with Crippen molar-refractivity contribution < 1.29 is 9.53 Å². The van der Waals surface area contributed by atoms with E-state index in [1.54, 1.807) is 7.11 Å². The van der Waals surface area contributed by atoms with E-state index in [1.165, 1.54) is 16.8 Å². The molecule has 2 atom stereocenters. The molecule has 0 unspecified atom stereocenters. The third-order valence-electron chi connectivity index (χ3n) is 7.74. The number of fused-ring (bicyclic) bond motifs is 1. The number of rotatable bonds is 6. The molecule has 3 aromatic rings. The van der Waals surface area contributed by atoms with Gasteiger partial charge in [0.15, 0.2) is 5.11 Å². The van der Waals surface area contributed by atoms with E-state index in [9.17, 15) is 4.79 Å². The first-order valence-corrected chi connectivity index (χ1v) is 13.6. The molecular formula is C31H35N5O2S. The summed E-state index contributed by atoms with van der Waals surface area (Å²) in [6.45, 7) is 8.45. The van der Waals surface area contributed by atoms with Gasteiger partial charge in [0.05, 0.1) is 36.1 Å². The van der Waals surface area contributed by atoms with Gasteiger partial charge in [-0.1, -0.05) is 25.1 Å². The summed E-state index contributed by atoms with van der Waals surface area (Å²) in [6.07, 6.45) is 4.51. The van der Waals surface area contributed by atoms with Crippen molar-refractivity contribution in [2.45, 2.75) is 51.7 Å². The fourth-order valence-electron chi connectivity index (χ4n) is 5.50. The number of pyridine rings is 1. The highest BCUT2D eigenvalue weighted by atomic mass is 32.1. The zero-order chi connectivity index (χ0) is 27.9. The van der Waals surface area contributed by atoms with Crippen molar-refractivity contribution in [1.82, 2.24) is 10.3 Å². The molecule has 202 valence electrons. The summed E-state index contributed by atoms with van der Waals surface area (Å²) in [5, 5.41) is 7.05. The number of hydrogen-bond acceptors (Lipinski definition) is 5. The smallest absolute Gasteiger partial charge is 0.224 e. The second-order valence-electron chi connectivity index (χ2n) is 10.6. The molecule has 0 saturated carbocycles. The van der Waals surface area contributed by atoms with Gasteiger partial charge in [-0.15, -0.1) is 0 Å². The number of benzene rings is 2. The minimum Gasteiger partial charge on any atom is -0.494 e. The number of allylic oxidation sites excluding steroid dienone is 1. The van der Waals surface area contributed by atoms with E-state index >= 15 is 0 Å². The first kappa shape index (κ1) is 26.7. The molecule has 7 nitrogen and oxygen atoms in total. The van der Waals surface area contributed by atoms with Gasteiger partial charge >= 0.3 is 0 Å². The summed E-state index contributed by atoms with van der Waals surface area (Å²) in [4.78, 5) is 21.2. The number of nitrogens with zero attached hydrogens (tertiary/aromatic N) is 3. The number of amides is 1. The lowest BCUT2D eigenvalue weighted by Crippen LogP contribution is -2.42. The SMILES string of the molecule is CCC(=O)Nc1ccc(N2C(=S)N[C@@H](c3ccccn3)[C@H]2c2ccc3c(c2)C(C)=CC(C)(C)N3C)cc1OC. The number of carbonyl (C=O) groups excluding carboxylic acids is 1. The Morgan fingerprint density at radius 2 is 1.97 bits per heavy atom. The predicted molar refractivity (Wildman–Crippen MR) is 162 cm³/mol. The van der Waals surface area contributed by atoms with Gasteiger partial charge in [0.25, 0.3) is 0 Å². The van der Waals surface area contributed by atoms with Gasteiger partial charge in [-0.25, -0.2) is 0 Å². The van der Waals surface area contributed by atoms with Crippen molar-refractivity contribution in [2.75, 3.05) is 29.3 Å². The molecule has 0 radical (unpaired) electrons. The Kier molecular flexibility index (Phi) is 7.07. The molecule has 3 heterocycles. The van der Waals surface area contributed by atoms with Crippen LogP contribution in [-0.4, -0.2) is 35.7 Å². The number of hydrogen-bond donors (Lipinski definition) is 2. The third kappa shape index (κ3) is 4.85. The molecule has 0 spiro atoms. The lowest BCUT2D eigenvalue weighted by Gasteiger charge is -2.41. The second kappa shape index (κ2) is 10.3. The average molecular weight is 542 g/mol. The first-order chi connectivity index (χ1) is 18.6. The molecule has 2 aliphatic rings. The van der Waals surface area contributed by atoms with Crippen molar-refractivity contribution >= 4 is 45.9 Å². The zero-order valence-electron chi connectivity index (χ0n) is 23.3. The molecule has 2 aliphatic heterocycles. The Bertz CT molecular complexity index is 1450. The maximum Gasteiger partial charge on any atom is 0.224 e. The summed E-state index contributed by atoms with van der Waals surface area (Å²) in [5.41, 5.74) is 7.13. The van der Waals surface area contributed by atoms with Crippen molar-refractivity contribution in [1.29, 1.82) is 0 Å². The Morgan fingerprint density at radius 1 is 1.18 bits per heavy atom. The molecule has 39 heavy (non-hydrogen) atoms. The summed E-state index contributed by atoms with van der Waals surface area (Å²) in [7, 11) is 3.74. The van der Waals surface area contributed by atoms with Crippen LogP contribution in [0.25, 0.3) is 5.57 Å². The molecular weight excluding hydrogens is 506 g/mol. The van der Waals surface area contributed by atoms with Crippen LogP contribution in [0.5, 0.6) is 5.75 Å². The molecule has 2 aromatic carbocycles. The maximum absolute atomic E-state index is 12.1. The van der Waals surface area contributed by atoms with E-state index in [4.69, 9.17) is 17.0 Å². The van der Waals surface area contributed by atoms with Gasteiger partial charge in [0, 0.05) is 42.7 Å². The Labute approximate surface area is 235 Å². The highest BCUT2D eigenvalue weighted by molar-refractivity contribution is 7.80. The van der Waals surface area contributed by atoms with Crippen molar-refractivity contribution in [2.24, 2.45) is 0 Å². The lowest BCUT2D eigenvalue weighted by atomic mass is 9.86. The second-order valence-corrected chi connectivity index (χ2v) is 11.0. The number of nitrogens with one attached hydrogen (secondary N) is 2. The number of aromatic nitrogens is 1. The summed E-state index contributed by atoms with van der Waals surface area (Å²) in [5.74, 6) is 0.503. The predicted octanol–water partition coefficient (Wildman–Crippen LogP) is 6.25. The van der Waals surface area contributed by atoms with Crippen LogP contribution in [0.15, 0.2) is 66.9 Å². The molecule has 2 N–H and O–H groups in total. The van der Waals surface area contributed by atoms with E-state index in [0.717, 1.165) is 16.9 Å². The van der Waals surface area contributed by atoms with Gasteiger partial charge < -0.3 is 25.2 Å². The maximum atomic E-state index is 12.1. The first-order valence-electron chi connectivity index (χ1n) is 13.2. The minimum absolute atomic E-state index is 0.0664. The molecule has 1 amide bonds. The Balaban J connectivity index is 1.63. The van der Waals surface area contributed by atoms with E-state index in [0.29, 0.717) is 23.0 Å². The molecule has 8 heteroatoms. The van der Waals surface area contributed by atoms with Crippen LogP contribution in [0.3, 0.4) is 0 Å². The fraction of sp³-hybridized carbons (Fsp3) is 0.323. The van der Waals surface area contributed by atoms with Crippen LogP contribution in [-0.2, 0) is 4.79 Å². The van der Waals surface area contributed by atoms with Crippen LogP contribution < -0.4 is 25.2 Å². The highest BCUT2D eigenvalue weighted by Gasteiger charge is 2.41. The van der Waals surface area contributed by atoms with Crippen LogP contribution >= 0.6 is 12.2 Å². The Hall–Kier alpha value is -3.91. The average Bonchev–Trinajstić information content (AvgIpc) is 3.28. The normalized spacial score (nSPS) is 19.7. The quantitative estimate of drug-likeness (QED) is 0.358. The van der Waals surface area contributed by atoms with E-state index in [1.807, 2.05) is 49.5 Å². The van der Waals surface area contributed by atoms with Crippen LogP contribution in [0.2, 0.25) is 0 Å². The number of thiocarbonyl (C=S) groups is 1. The van der Waals surface area contributed by atoms with Gasteiger partial charge in [-0.3, -0.25) is 9.78 Å².